The van der Waals surface area contributed by atoms with E-state index in [9.17, 15) is 14.8 Å². The third-order valence-corrected chi connectivity index (χ3v) is 3.08. The summed E-state index contributed by atoms with van der Waals surface area (Å²) in [5.41, 5.74) is 0.224. The molecule has 1 heterocycles. The van der Waals surface area contributed by atoms with Gasteiger partial charge in [0.2, 0.25) is 13.0 Å². The molecule has 0 radical (unpaired) electrons. The SMILES string of the molecule is CC1(C)C[N+](=O)C(c2ccc(O)cc2)N1C=O. The lowest BCUT2D eigenvalue weighted by Crippen LogP contribution is -2.40. The second kappa shape index (κ2) is 3.84. The number of benzene rings is 1. The van der Waals surface area contributed by atoms with Gasteiger partial charge in [-0.15, -0.1) is 0 Å². The number of hydrogen-bond acceptors (Lipinski definition) is 3. The third-order valence-electron chi connectivity index (χ3n) is 3.08. The zero-order chi connectivity index (χ0) is 12.6. The molecule has 1 N–H and O–H groups in total. The minimum Gasteiger partial charge on any atom is -0.508 e. The Bertz CT molecular complexity index is 453. The molecule has 1 saturated heterocycles. The van der Waals surface area contributed by atoms with Crippen molar-refractivity contribution in [2.45, 2.75) is 25.6 Å². The van der Waals surface area contributed by atoms with Crippen LogP contribution in [-0.4, -0.2) is 33.3 Å². The molecule has 1 aliphatic rings. The first kappa shape index (κ1) is 11.6. The molecule has 1 amide bonds. The minimum absolute atomic E-state index is 0.140. The average molecular weight is 235 g/mol. The van der Waals surface area contributed by atoms with Crippen LogP contribution in [0.4, 0.5) is 0 Å². The molecular weight excluding hydrogens is 220 g/mol. The number of aromatic hydroxyl groups is 1. The number of phenols is 1. The molecule has 1 atom stereocenters. The molecule has 0 aliphatic carbocycles. The fraction of sp³-hybridized carbons (Fsp3) is 0.417. The molecule has 1 fully saturated rings. The Balaban J connectivity index is 2.40. The maximum Gasteiger partial charge on any atom is 0.305 e. The molecule has 90 valence electrons. The van der Waals surface area contributed by atoms with Gasteiger partial charge >= 0.3 is 6.17 Å². The van der Waals surface area contributed by atoms with Gasteiger partial charge in [-0.25, -0.2) is 0 Å². The van der Waals surface area contributed by atoms with Crippen LogP contribution in [-0.2, 0) is 4.79 Å². The molecule has 1 aromatic rings. The van der Waals surface area contributed by atoms with Crippen molar-refractivity contribution >= 4 is 6.41 Å². The Morgan fingerprint density at radius 1 is 1.41 bits per heavy atom. The van der Waals surface area contributed by atoms with Crippen molar-refractivity contribution in [1.29, 1.82) is 0 Å². The molecule has 0 aromatic heterocycles. The van der Waals surface area contributed by atoms with Crippen LogP contribution in [0.2, 0.25) is 0 Å². The Morgan fingerprint density at radius 2 is 2.00 bits per heavy atom. The van der Waals surface area contributed by atoms with E-state index in [1.807, 2.05) is 13.8 Å². The van der Waals surface area contributed by atoms with Gasteiger partial charge in [0.15, 0.2) is 0 Å². The van der Waals surface area contributed by atoms with E-state index in [-0.39, 0.29) is 12.3 Å². The number of carbonyl (C=O) groups excluding carboxylic acids is 1. The lowest BCUT2D eigenvalue weighted by molar-refractivity contribution is -0.582. The van der Waals surface area contributed by atoms with E-state index in [1.165, 1.54) is 17.0 Å². The number of carbonyl (C=O) groups is 1. The average Bonchev–Trinajstić information content (AvgIpc) is 2.48. The number of rotatable bonds is 2. The van der Waals surface area contributed by atoms with Gasteiger partial charge in [0, 0.05) is 15.2 Å². The van der Waals surface area contributed by atoms with E-state index in [4.69, 9.17) is 0 Å². The molecule has 0 bridgehead atoms. The van der Waals surface area contributed by atoms with Gasteiger partial charge < -0.3 is 5.11 Å². The van der Waals surface area contributed by atoms with Crippen LogP contribution in [0.5, 0.6) is 5.75 Å². The van der Waals surface area contributed by atoms with Crippen LogP contribution in [0.15, 0.2) is 24.3 Å². The molecule has 0 saturated carbocycles. The molecular formula is C12H15N2O3+. The second-order valence-electron chi connectivity index (χ2n) is 4.87. The van der Waals surface area contributed by atoms with Gasteiger partial charge in [0.1, 0.15) is 11.3 Å². The smallest absolute Gasteiger partial charge is 0.305 e. The fourth-order valence-corrected chi connectivity index (χ4v) is 2.19. The molecule has 5 heteroatoms. The normalized spacial score (nSPS) is 22.8. The highest BCUT2D eigenvalue weighted by Crippen LogP contribution is 2.35. The Kier molecular flexibility index (Phi) is 2.61. The van der Waals surface area contributed by atoms with E-state index < -0.39 is 11.7 Å². The highest BCUT2D eigenvalue weighted by atomic mass is 16.3. The molecule has 1 aliphatic heterocycles. The summed E-state index contributed by atoms with van der Waals surface area (Å²) in [5, 5.41) is 9.22. The van der Waals surface area contributed by atoms with Crippen molar-refractivity contribution in [2.75, 3.05) is 6.54 Å². The number of nitrogens with zero attached hydrogens (tertiary/aromatic N) is 2. The summed E-state index contributed by atoms with van der Waals surface area (Å²) in [7, 11) is 0. The van der Waals surface area contributed by atoms with Crippen LogP contribution >= 0.6 is 0 Å². The van der Waals surface area contributed by atoms with Crippen molar-refractivity contribution < 1.29 is 14.7 Å². The summed E-state index contributed by atoms with van der Waals surface area (Å²) in [6.45, 7) is 3.98. The zero-order valence-corrected chi connectivity index (χ0v) is 9.83. The first-order valence-corrected chi connectivity index (χ1v) is 5.42. The fourth-order valence-electron chi connectivity index (χ4n) is 2.19. The first-order chi connectivity index (χ1) is 7.95. The molecule has 5 nitrogen and oxygen atoms in total. The van der Waals surface area contributed by atoms with E-state index in [1.54, 1.807) is 12.1 Å². The topological polar surface area (TPSA) is 60.6 Å². The monoisotopic (exact) mass is 235 g/mol. The maximum atomic E-state index is 11.9. The Morgan fingerprint density at radius 3 is 2.53 bits per heavy atom. The van der Waals surface area contributed by atoms with Gasteiger partial charge in [-0.3, -0.25) is 9.69 Å². The largest absolute Gasteiger partial charge is 0.508 e. The summed E-state index contributed by atoms with van der Waals surface area (Å²) in [6, 6.07) is 6.33. The lowest BCUT2D eigenvalue weighted by Gasteiger charge is -2.24. The van der Waals surface area contributed by atoms with Crippen LogP contribution in [0.25, 0.3) is 0 Å². The number of hydrogen-bond donors (Lipinski definition) is 1. The standard InChI is InChI=1S/C12H14N2O3/c1-12(2)7-14(17)11(13(12)8-15)9-3-5-10(16)6-4-9/h3-6,8,11H,7H2,1-2H3/p+1. The zero-order valence-electron chi connectivity index (χ0n) is 9.83. The quantitative estimate of drug-likeness (QED) is 0.623. The van der Waals surface area contributed by atoms with E-state index in [0.717, 1.165) is 4.76 Å². The van der Waals surface area contributed by atoms with Gasteiger partial charge in [-0.2, -0.15) is 0 Å². The molecule has 2 rings (SSSR count). The Hall–Kier alpha value is -1.91. The predicted octanol–water partition coefficient (Wildman–Crippen LogP) is 1.42. The number of phenolic OH excluding ortho intramolecular Hbond substituents is 1. The highest BCUT2D eigenvalue weighted by Gasteiger charge is 2.52. The lowest BCUT2D eigenvalue weighted by atomic mass is 10.1. The van der Waals surface area contributed by atoms with Crippen molar-refractivity contribution in [3.05, 3.63) is 34.7 Å². The first-order valence-electron chi connectivity index (χ1n) is 5.42. The van der Waals surface area contributed by atoms with Gasteiger partial charge in [0.25, 0.3) is 0 Å². The second-order valence-corrected chi connectivity index (χ2v) is 4.87. The van der Waals surface area contributed by atoms with Crippen molar-refractivity contribution in [3.8, 4) is 5.75 Å². The van der Waals surface area contributed by atoms with Crippen LogP contribution in [0.3, 0.4) is 0 Å². The summed E-state index contributed by atoms with van der Waals surface area (Å²) < 4.78 is 0.890. The third kappa shape index (κ3) is 1.88. The van der Waals surface area contributed by atoms with Crippen molar-refractivity contribution in [3.63, 3.8) is 0 Å². The molecule has 1 aromatic carbocycles. The Labute approximate surface area is 99.2 Å². The molecule has 17 heavy (non-hydrogen) atoms. The van der Waals surface area contributed by atoms with Crippen LogP contribution in [0, 0.1) is 4.91 Å². The van der Waals surface area contributed by atoms with Crippen molar-refractivity contribution in [1.82, 2.24) is 4.90 Å². The van der Waals surface area contributed by atoms with Gasteiger partial charge in [-0.1, -0.05) is 0 Å². The summed E-state index contributed by atoms with van der Waals surface area (Å²) in [5.74, 6) is 0.140. The van der Waals surface area contributed by atoms with E-state index in [2.05, 4.69) is 0 Å². The summed E-state index contributed by atoms with van der Waals surface area (Å²) >= 11 is 0. The number of nitroso groups, excluding NO2 is 1. The van der Waals surface area contributed by atoms with Crippen LogP contribution in [0.1, 0.15) is 25.6 Å². The molecule has 0 spiro atoms. The molecule has 1 unspecified atom stereocenters. The predicted molar refractivity (Wildman–Crippen MR) is 61.3 cm³/mol. The van der Waals surface area contributed by atoms with Crippen molar-refractivity contribution in [2.24, 2.45) is 0 Å². The summed E-state index contributed by atoms with van der Waals surface area (Å²) in [6.07, 6.45) is 0.0956. The van der Waals surface area contributed by atoms with E-state index in [0.29, 0.717) is 12.0 Å². The van der Waals surface area contributed by atoms with E-state index >= 15 is 0 Å². The summed E-state index contributed by atoms with van der Waals surface area (Å²) in [4.78, 5) is 24.5. The number of amides is 1. The highest BCUT2D eigenvalue weighted by molar-refractivity contribution is 5.51. The van der Waals surface area contributed by atoms with Gasteiger partial charge in [-0.05, 0) is 38.1 Å². The minimum atomic E-state index is -0.608. The van der Waals surface area contributed by atoms with Crippen LogP contribution < -0.4 is 0 Å². The van der Waals surface area contributed by atoms with Gasteiger partial charge in [0.05, 0.1) is 0 Å². The maximum absolute atomic E-state index is 11.9.